The Balaban J connectivity index is 2.00. The number of rotatable bonds is 1. The summed E-state index contributed by atoms with van der Waals surface area (Å²) >= 11 is 3.19. The van der Waals surface area contributed by atoms with Crippen LogP contribution in [-0.4, -0.2) is 23.2 Å². The van der Waals surface area contributed by atoms with Crippen molar-refractivity contribution >= 4 is 40.9 Å². The van der Waals surface area contributed by atoms with Gasteiger partial charge in [0.05, 0.1) is 4.24 Å². The van der Waals surface area contributed by atoms with E-state index in [-0.39, 0.29) is 11.7 Å². The summed E-state index contributed by atoms with van der Waals surface area (Å²) in [7, 11) is 0. The van der Waals surface area contributed by atoms with Crippen molar-refractivity contribution in [3.05, 3.63) is 51.9 Å². The maximum atomic E-state index is 12.6. The fourth-order valence-electron chi connectivity index (χ4n) is 2.07. The van der Waals surface area contributed by atoms with Crippen LogP contribution in [-0.2, 0) is 9.59 Å². The van der Waals surface area contributed by atoms with Crippen LogP contribution in [0.2, 0.25) is 0 Å². The molecule has 0 aliphatic carbocycles. The van der Waals surface area contributed by atoms with E-state index in [0.29, 0.717) is 5.57 Å². The highest BCUT2D eigenvalue weighted by Crippen LogP contribution is 2.40. The van der Waals surface area contributed by atoms with E-state index in [1.807, 2.05) is 31.2 Å². The standard InChI is InChI=1S/C15H13NO2S2/c1-10-2-4-11(5-3-10)16-7-6-12(17)13(14(16)18)15-19-8-9-20-15/h2-7H,8-9H2,1H3. The number of aryl methyl sites for hydroxylation is 1. The number of allylic oxidation sites excluding steroid dienone is 1. The molecule has 2 aliphatic rings. The first kappa shape index (κ1) is 13.5. The van der Waals surface area contributed by atoms with E-state index < -0.39 is 0 Å². The second-order valence-corrected chi connectivity index (χ2v) is 7.02. The lowest BCUT2D eigenvalue weighted by molar-refractivity contribution is -0.119. The van der Waals surface area contributed by atoms with E-state index in [1.54, 1.807) is 34.6 Å². The third-order valence-corrected chi connectivity index (χ3v) is 5.83. The quantitative estimate of drug-likeness (QED) is 0.590. The molecule has 0 unspecified atom stereocenters. The summed E-state index contributed by atoms with van der Waals surface area (Å²) < 4.78 is 0.862. The SMILES string of the molecule is Cc1ccc(N2C=CC(=O)C(=C3SCCS3)C2=O)cc1. The van der Waals surface area contributed by atoms with Gasteiger partial charge in [-0.05, 0) is 19.1 Å². The number of carbonyl (C=O) groups is 2. The van der Waals surface area contributed by atoms with Gasteiger partial charge in [0.2, 0.25) is 0 Å². The summed E-state index contributed by atoms with van der Waals surface area (Å²) in [6.45, 7) is 2.00. The zero-order valence-corrected chi connectivity index (χ0v) is 12.6. The van der Waals surface area contributed by atoms with E-state index in [0.717, 1.165) is 27.0 Å². The molecular weight excluding hydrogens is 290 g/mol. The second-order valence-electron chi connectivity index (χ2n) is 4.55. The molecule has 1 aromatic rings. The van der Waals surface area contributed by atoms with Crippen LogP contribution in [0.4, 0.5) is 5.69 Å². The minimum atomic E-state index is -0.224. The largest absolute Gasteiger partial charge is 0.289 e. The van der Waals surface area contributed by atoms with Crippen molar-refractivity contribution < 1.29 is 9.59 Å². The highest BCUT2D eigenvalue weighted by molar-refractivity contribution is 8.25. The molecule has 1 aromatic carbocycles. The molecule has 102 valence electrons. The van der Waals surface area contributed by atoms with Crippen LogP contribution < -0.4 is 4.90 Å². The minimum Gasteiger partial charge on any atom is -0.289 e. The lowest BCUT2D eigenvalue weighted by Gasteiger charge is -2.23. The number of thioether (sulfide) groups is 2. The Bertz CT molecular complexity index is 624. The Hall–Kier alpha value is -1.46. The van der Waals surface area contributed by atoms with Gasteiger partial charge in [-0.1, -0.05) is 17.7 Å². The highest BCUT2D eigenvalue weighted by Gasteiger charge is 2.31. The van der Waals surface area contributed by atoms with Crippen LogP contribution in [0.5, 0.6) is 0 Å². The average Bonchev–Trinajstić information content (AvgIpc) is 2.94. The minimum absolute atomic E-state index is 0.185. The molecule has 20 heavy (non-hydrogen) atoms. The van der Waals surface area contributed by atoms with E-state index in [2.05, 4.69) is 0 Å². The third kappa shape index (κ3) is 2.43. The molecule has 0 N–H and O–H groups in total. The van der Waals surface area contributed by atoms with Crippen molar-refractivity contribution in [2.45, 2.75) is 6.92 Å². The monoisotopic (exact) mass is 303 g/mol. The van der Waals surface area contributed by atoms with Gasteiger partial charge in [0.15, 0.2) is 5.78 Å². The molecule has 0 saturated carbocycles. The average molecular weight is 303 g/mol. The number of amides is 1. The molecule has 5 heteroatoms. The van der Waals surface area contributed by atoms with Gasteiger partial charge in [-0.3, -0.25) is 14.5 Å². The van der Waals surface area contributed by atoms with Gasteiger partial charge in [0.1, 0.15) is 5.57 Å². The summed E-state index contributed by atoms with van der Waals surface area (Å²) in [5.74, 6) is 1.50. The molecule has 0 bridgehead atoms. The van der Waals surface area contributed by atoms with Gasteiger partial charge in [0.25, 0.3) is 5.91 Å². The topological polar surface area (TPSA) is 37.4 Å². The van der Waals surface area contributed by atoms with E-state index >= 15 is 0 Å². The van der Waals surface area contributed by atoms with E-state index in [4.69, 9.17) is 0 Å². The molecule has 1 fully saturated rings. The van der Waals surface area contributed by atoms with Gasteiger partial charge in [-0.15, -0.1) is 23.5 Å². The summed E-state index contributed by atoms with van der Waals surface area (Å²) in [4.78, 5) is 26.1. The van der Waals surface area contributed by atoms with Gasteiger partial charge < -0.3 is 0 Å². The molecule has 2 aliphatic heterocycles. The van der Waals surface area contributed by atoms with E-state index in [9.17, 15) is 9.59 Å². The Morgan fingerprint density at radius 3 is 2.35 bits per heavy atom. The number of hydrogen-bond acceptors (Lipinski definition) is 4. The predicted molar refractivity (Wildman–Crippen MR) is 84.8 cm³/mol. The Morgan fingerprint density at radius 1 is 1.05 bits per heavy atom. The molecule has 0 aromatic heterocycles. The number of nitrogens with zero attached hydrogens (tertiary/aromatic N) is 1. The van der Waals surface area contributed by atoms with Gasteiger partial charge >= 0.3 is 0 Å². The summed E-state index contributed by atoms with van der Waals surface area (Å²) in [6, 6.07) is 7.70. The van der Waals surface area contributed by atoms with Crippen molar-refractivity contribution in [1.29, 1.82) is 0 Å². The predicted octanol–water partition coefficient (Wildman–Crippen LogP) is 3.12. The van der Waals surface area contributed by atoms with Crippen molar-refractivity contribution in [3.8, 4) is 0 Å². The fourth-order valence-corrected chi connectivity index (χ4v) is 4.61. The maximum absolute atomic E-state index is 12.6. The molecule has 1 saturated heterocycles. The maximum Gasteiger partial charge on any atom is 0.268 e. The molecule has 1 amide bonds. The first-order valence-corrected chi connectivity index (χ1v) is 8.26. The van der Waals surface area contributed by atoms with Crippen molar-refractivity contribution in [2.75, 3.05) is 16.4 Å². The molecule has 0 radical (unpaired) electrons. The lowest BCUT2D eigenvalue weighted by Crippen LogP contribution is -2.33. The molecule has 0 spiro atoms. The Morgan fingerprint density at radius 2 is 1.70 bits per heavy atom. The zero-order chi connectivity index (χ0) is 14.1. The van der Waals surface area contributed by atoms with Crippen LogP contribution in [0.3, 0.4) is 0 Å². The van der Waals surface area contributed by atoms with Crippen LogP contribution >= 0.6 is 23.5 Å². The first-order chi connectivity index (χ1) is 9.66. The third-order valence-electron chi connectivity index (χ3n) is 3.12. The molecule has 3 nitrogen and oxygen atoms in total. The smallest absolute Gasteiger partial charge is 0.268 e. The lowest BCUT2D eigenvalue weighted by atomic mass is 10.1. The number of ketones is 1. The highest BCUT2D eigenvalue weighted by atomic mass is 32.2. The van der Waals surface area contributed by atoms with Crippen molar-refractivity contribution in [3.63, 3.8) is 0 Å². The van der Waals surface area contributed by atoms with Gasteiger partial charge in [-0.25, -0.2) is 0 Å². The number of benzene rings is 1. The normalized spacial score (nSPS) is 19.1. The number of anilines is 1. The van der Waals surface area contributed by atoms with Crippen LogP contribution in [0, 0.1) is 6.92 Å². The van der Waals surface area contributed by atoms with Crippen LogP contribution in [0.25, 0.3) is 0 Å². The van der Waals surface area contributed by atoms with Gasteiger partial charge in [-0.2, -0.15) is 0 Å². The first-order valence-electron chi connectivity index (χ1n) is 6.29. The molecule has 2 heterocycles. The summed E-state index contributed by atoms with van der Waals surface area (Å²) in [6.07, 6.45) is 3.03. The van der Waals surface area contributed by atoms with Gasteiger partial charge in [0, 0.05) is 29.5 Å². The Kier molecular flexibility index (Phi) is 3.72. The molecular formula is C15H13NO2S2. The second kappa shape index (κ2) is 5.50. The van der Waals surface area contributed by atoms with Crippen LogP contribution in [0.1, 0.15) is 5.56 Å². The number of hydrogen-bond donors (Lipinski definition) is 0. The summed E-state index contributed by atoms with van der Waals surface area (Å²) in [5.41, 5.74) is 2.25. The fraction of sp³-hybridized carbons (Fsp3) is 0.200. The molecule has 3 rings (SSSR count). The van der Waals surface area contributed by atoms with E-state index in [1.165, 1.54) is 6.08 Å². The van der Waals surface area contributed by atoms with Crippen LogP contribution in [0.15, 0.2) is 46.4 Å². The Labute approximate surface area is 126 Å². The van der Waals surface area contributed by atoms with Crippen molar-refractivity contribution in [1.82, 2.24) is 0 Å². The van der Waals surface area contributed by atoms with Crippen molar-refractivity contribution in [2.24, 2.45) is 0 Å². The zero-order valence-electron chi connectivity index (χ0n) is 11.0. The molecule has 0 atom stereocenters. The number of carbonyl (C=O) groups excluding carboxylic acids is 2. The summed E-state index contributed by atoms with van der Waals surface area (Å²) in [5, 5.41) is 0.